The van der Waals surface area contributed by atoms with E-state index >= 15 is 0 Å². The van der Waals surface area contributed by atoms with Gasteiger partial charge in [0.05, 0.1) is 0 Å². The van der Waals surface area contributed by atoms with E-state index in [1.807, 2.05) is 29.2 Å². The van der Waals surface area contributed by atoms with Crippen molar-refractivity contribution < 1.29 is 9.59 Å². The van der Waals surface area contributed by atoms with E-state index < -0.39 is 0 Å². The lowest BCUT2D eigenvalue weighted by atomic mass is 10.1. The molecular weight excluding hydrogens is 374 g/mol. The van der Waals surface area contributed by atoms with Gasteiger partial charge in [-0.3, -0.25) is 9.59 Å². The molecule has 1 aliphatic rings. The maximum Gasteiger partial charge on any atom is 0.253 e. The summed E-state index contributed by atoms with van der Waals surface area (Å²) in [6, 6.07) is 14.7. The summed E-state index contributed by atoms with van der Waals surface area (Å²) in [5.41, 5.74) is 8.97. The highest BCUT2D eigenvalue weighted by molar-refractivity contribution is 5.96. The van der Waals surface area contributed by atoms with Crippen LogP contribution in [0.15, 0.2) is 48.5 Å². The second kappa shape index (κ2) is 10.7. The molecule has 1 heterocycles. The number of carbonyl (C=O) groups excluding carboxylic acids is 2. The molecule has 0 aromatic heterocycles. The lowest BCUT2D eigenvalue weighted by Crippen LogP contribution is -2.31. The zero-order chi connectivity index (χ0) is 19.1. The van der Waals surface area contributed by atoms with E-state index in [-0.39, 0.29) is 24.2 Å². The second-order valence-electron chi connectivity index (χ2n) is 7.03. The van der Waals surface area contributed by atoms with Crippen molar-refractivity contribution in [3.8, 4) is 0 Å². The Kier molecular flexibility index (Phi) is 8.33. The number of nitrogen functional groups attached to an aromatic ring is 1. The molecule has 3 N–H and O–H groups in total. The van der Waals surface area contributed by atoms with Gasteiger partial charge in [0, 0.05) is 36.4 Å². The first-order valence-corrected chi connectivity index (χ1v) is 9.66. The SMILES string of the molecule is Cl.Nc1ccccc1CCC(=O)Nc1ccc(C(=O)N2CCCCCC2)cc1. The monoisotopic (exact) mass is 401 g/mol. The molecule has 0 radical (unpaired) electrons. The summed E-state index contributed by atoms with van der Waals surface area (Å²) in [5.74, 6) is 0.0131. The van der Waals surface area contributed by atoms with Crippen molar-refractivity contribution in [3.63, 3.8) is 0 Å². The Balaban J connectivity index is 0.00000280. The summed E-state index contributed by atoms with van der Waals surface area (Å²) in [7, 11) is 0. The summed E-state index contributed by atoms with van der Waals surface area (Å²) in [6.45, 7) is 1.67. The Hall–Kier alpha value is -2.53. The summed E-state index contributed by atoms with van der Waals surface area (Å²) in [4.78, 5) is 26.7. The maximum absolute atomic E-state index is 12.6. The smallest absolute Gasteiger partial charge is 0.253 e. The normalized spacial score (nSPS) is 13.9. The van der Waals surface area contributed by atoms with Gasteiger partial charge in [0.2, 0.25) is 5.91 Å². The summed E-state index contributed by atoms with van der Waals surface area (Å²) in [6.07, 6.45) is 5.51. The molecule has 2 aromatic carbocycles. The van der Waals surface area contributed by atoms with Crippen molar-refractivity contribution >= 4 is 35.6 Å². The Bertz CT molecular complexity index is 785. The van der Waals surface area contributed by atoms with Crippen LogP contribution < -0.4 is 11.1 Å². The molecule has 2 aromatic rings. The van der Waals surface area contributed by atoms with Crippen LogP contribution in [0.2, 0.25) is 0 Å². The number of rotatable bonds is 5. The van der Waals surface area contributed by atoms with E-state index in [0.29, 0.717) is 29.8 Å². The first-order chi connectivity index (χ1) is 13.1. The fourth-order valence-corrected chi connectivity index (χ4v) is 3.39. The molecular formula is C22H28ClN3O2. The highest BCUT2D eigenvalue weighted by atomic mass is 35.5. The summed E-state index contributed by atoms with van der Waals surface area (Å²) < 4.78 is 0. The van der Waals surface area contributed by atoms with E-state index in [2.05, 4.69) is 5.32 Å². The maximum atomic E-state index is 12.6. The fraction of sp³-hybridized carbons (Fsp3) is 0.364. The molecule has 3 rings (SSSR count). The number of likely N-dealkylation sites (tertiary alicyclic amines) is 1. The molecule has 1 aliphatic heterocycles. The van der Waals surface area contributed by atoms with Gasteiger partial charge in [-0.25, -0.2) is 0 Å². The molecule has 150 valence electrons. The average molecular weight is 402 g/mol. The van der Waals surface area contributed by atoms with Gasteiger partial charge in [0.15, 0.2) is 0 Å². The van der Waals surface area contributed by atoms with Crippen molar-refractivity contribution in [3.05, 3.63) is 59.7 Å². The van der Waals surface area contributed by atoms with E-state index in [0.717, 1.165) is 31.5 Å². The molecule has 1 saturated heterocycles. The van der Waals surface area contributed by atoms with E-state index in [1.54, 1.807) is 24.3 Å². The summed E-state index contributed by atoms with van der Waals surface area (Å²) >= 11 is 0. The number of halogens is 1. The second-order valence-corrected chi connectivity index (χ2v) is 7.03. The number of hydrogen-bond acceptors (Lipinski definition) is 3. The predicted molar refractivity (Wildman–Crippen MR) is 116 cm³/mol. The van der Waals surface area contributed by atoms with Gasteiger partial charge >= 0.3 is 0 Å². The Morgan fingerprint density at radius 3 is 2.21 bits per heavy atom. The molecule has 0 saturated carbocycles. The third-order valence-corrected chi connectivity index (χ3v) is 4.99. The Morgan fingerprint density at radius 2 is 1.57 bits per heavy atom. The minimum absolute atomic E-state index is 0. The molecule has 2 amide bonds. The van der Waals surface area contributed by atoms with Gasteiger partial charge in [-0.15, -0.1) is 12.4 Å². The Labute approximate surface area is 172 Å². The molecule has 6 heteroatoms. The molecule has 0 spiro atoms. The van der Waals surface area contributed by atoms with Crippen molar-refractivity contribution in [2.24, 2.45) is 0 Å². The molecule has 0 unspecified atom stereocenters. The van der Waals surface area contributed by atoms with Gasteiger partial charge in [0.25, 0.3) is 5.91 Å². The minimum Gasteiger partial charge on any atom is -0.399 e. The number of anilines is 2. The Morgan fingerprint density at radius 1 is 0.929 bits per heavy atom. The zero-order valence-corrected chi connectivity index (χ0v) is 16.8. The standard InChI is InChI=1S/C22H27N3O2.ClH/c23-20-8-4-3-7-17(20)11-14-21(26)24-19-12-9-18(10-13-19)22(27)25-15-5-1-2-6-16-25;/h3-4,7-10,12-13H,1-2,5-6,11,14-16,23H2,(H,24,26);1H. The van der Waals surface area contributed by atoms with Crippen LogP contribution in [0.5, 0.6) is 0 Å². The van der Waals surface area contributed by atoms with Gasteiger partial charge in [0.1, 0.15) is 0 Å². The number of nitrogens with zero attached hydrogens (tertiary/aromatic N) is 1. The van der Waals surface area contributed by atoms with Crippen molar-refractivity contribution in [1.82, 2.24) is 4.90 Å². The van der Waals surface area contributed by atoms with Crippen LogP contribution in [-0.2, 0) is 11.2 Å². The average Bonchev–Trinajstić information content (AvgIpc) is 2.97. The van der Waals surface area contributed by atoms with Gasteiger partial charge in [-0.1, -0.05) is 31.0 Å². The van der Waals surface area contributed by atoms with E-state index in [4.69, 9.17) is 5.73 Å². The van der Waals surface area contributed by atoms with Crippen molar-refractivity contribution in [2.75, 3.05) is 24.1 Å². The highest BCUT2D eigenvalue weighted by Crippen LogP contribution is 2.17. The van der Waals surface area contributed by atoms with Gasteiger partial charge in [-0.05, 0) is 55.2 Å². The lowest BCUT2D eigenvalue weighted by molar-refractivity contribution is -0.116. The summed E-state index contributed by atoms with van der Waals surface area (Å²) in [5, 5.41) is 2.88. The van der Waals surface area contributed by atoms with Crippen LogP contribution in [-0.4, -0.2) is 29.8 Å². The number of para-hydroxylation sites is 1. The number of nitrogens with two attached hydrogens (primary N) is 1. The molecule has 1 fully saturated rings. The minimum atomic E-state index is -0.0650. The van der Waals surface area contributed by atoms with E-state index in [9.17, 15) is 9.59 Å². The number of nitrogens with one attached hydrogen (secondary N) is 1. The molecule has 0 aliphatic carbocycles. The van der Waals surface area contributed by atoms with Crippen LogP contribution in [0.4, 0.5) is 11.4 Å². The third-order valence-electron chi connectivity index (χ3n) is 4.99. The van der Waals surface area contributed by atoms with Crippen LogP contribution in [0.3, 0.4) is 0 Å². The van der Waals surface area contributed by atoms with E-state index in [1.165, 1.54) is 12.8 Å². The first-order valence-electron chi connectivity index (χ1n) is 9.66. The number of amides is 2. The first kappa shape index (κ1) is 21.8. The van der Waals surface area contributed by atoms with Gasteiger partial charge < -0.3 is 16.0 Å². The molecule has 0 bridgehead atoms. The number of aryl methyl sites for hydroxylation is 1. The van der Waals surface area contributed by atoms with Crippen molar-refractivity contribution in [1.29, 1.82) is 0 Å². The molecule has 0 atom stereocenters. The number of hydrogen-bond donors (Lipinski definition) is 2. The largest absolute Gasteiger partial charge is 0.399 e. The topological polar surface area (TPSA) is 75.4 Å². The lowest BCUT2D eigenvalue weighted by Gasteiger charge is -2.20. The molecule has 28 heavy (non-hydrogen) atoms. The van der Waals surface area contributed by atoms with Crippen LogP contribution in [0, 0.1) is 0 Å². The predicted octanol–water partition coefficient (Wildman–Crippen LogP) is 4.28. The zero-order valence-electron chi connectivity index (χ0n) is 16.0. The number of carbonyl (C=O) groups is 2. The van der Waals surface area contributed by atoms with Gasteiger partial charge in [-0.2, -0.15) is 0 Å². The third kappa shape index (κ3) is 5.99. The quantitative estimate of drug-likeness (QED) is 0.734. The fourth-order valence-electron chi connectivity index (χ4n) is 3.39. The van der Waals surface area contributed by atoms with Crippen molar-refractivity contribution in [2.45, 2.75) is 38.5 Å². The van der Waals surface area contributed by atoms with Crippen LogP contribution in [0.25, 0.3) is 0 Å². The highest BCUT2D eigenvalue weighted by Gasteiger charge is 2.17. The van der Waals surface area contributed by atoms with Crippen LogP contribution >= 0.6 is 12.4 Å². The number of benzene rings is 2. The molecule has 5 nitrogen and oxygen atoms in total. The van der Waals surface area contributed by atoms with Crippen LogP contribution in [0.1, 0.15) is 48.0 Å².